The first-order valence-electron chi connectivity index (χ1n) is 6.31. The lowest BCUT2D eigenvalue weighted by Gasteiger charge is -2.41. The fraction of sp³-hybridized carbons (Fsp3) is 0.917. The van der Waals surface area contributed by atoms with E-state index in [2.05, 4.69) is 18.9 Å². The maximum Gasteiger partial charge on any atom is 0.242 e. The van der Waals surface area contributed by atoms with Crippen molar-refractivity contribution in [3.8, 4) is 0 Å². The van der Waals surface area contributed by atoms with Crippen molar-refractivity contribution in [3.63, 3.8) is 0 Å². The van der Waals surface area contributed by atoms with Crippen molar-refractivity contribution >= 4 is 30.7 Å². The molecule has 1 saturated heterocycles. The minimum absolute atomic E-state index is 0. The summed E-state index contributed by atoms with van der Waals surface area (Å²) in [6.07, 6.45) is 3.94. The van der Waals surface area contributed by atoms with Crippen LogP contribution >= 0.6 is 24.8 Å². The highest BCUT2D eigenvalue weighted by atomic mass is 35.5. The summed E-state index contributed by atoms with van der Waals surface area (Å²) in [5.41, 5.74) is 5.67. The van der Waals surface area contributed by atoms with E-state index < -0.39 is 5.54 Å². The number of carbonyl (C=O) groups is 1. The zero-order valence-electron chi connectivity index (χ0n) is 11.2. The van der Waals surface area contributed by atoms with E-state index in [9.17, 15) is 4.79 Å². The van der Waals surface area contributed by atoms with Crippen molar-refractivity contribution < 1.29 is 4.79 Å². The number of carbonyl (C=O) groups excluding carboxylic acids is 1. The molecule has 18 heavy (non-hydrogen) atoms. The van der Waals surface area contributed by atoms with Gasteiger partial charge in [0.25, 0.3) is 0 Å². The van der Waals surface area contributed by atoms with Gasteiger partial charge in [0.1, 0.15) is 0 Å². The molecular weight excluding hydrogens is 273 g/mol. The fourth-order valence-corrected chi connectivity index (χ4v) is 2.95. The lowest BCUT2D eigenvalue weighted by molar-refractivity contribution is -0.141. The van der Waals surface area contributed by atoms with Crippen LogP contribution in [0.5, 0.6) is 0 Å². The Kier molecular flexibility index (Phi) is 6.93. The van der Waals surface area contributed by atoms with E-state index >= 15 is 0 Å². The molecule has 108 valence electrons. The lowest BCUT2D eigenvalue weighted by atomic mass is 9.95. The average molecular weight is 298 g/mol. The molecule has 1 atom stereocenters. The summed E-state index contributed by atoms with van der Waals surface area (Å²) in [4.78, 5) is 16.7. The molecule has 1 aliphatic carbocycles. The van der Waals surface area contributed by atoms with Crippen LogP contribution in [0, 0.1) is 0 Å². The van der Waals surface area contributed by atoms with E-state index in [0.717, 1.165) is 45.3 Å². The SMILES string of the molecule is CC1CN(C)CCN1C(=O)C1(N)CCCC1.Cl.Cl. The molecule has 0 aromatic rings. The molecule has 0 spiro atoms. The van der Waals surface area contributed by atoms with Crippen molar-refractivity contribution in [3.05, 3.63) is 0 Å². The number of hydrogen-bond donors (Lipinski definition) is 1. The van der Waals surface area contributed by atoms with Gasteiger partial charge in [-0.2, -0.15) is 0 Å². The van der Waals surface area contributed by atoms with Crippen LogP contribution in [0.25, 0.3) is 0 Å². The van der Waals surface area contributed by atoms with Crippen molar-refractivity contribution in [1.82, 2.24) is 9.80 Å². The number of likely N-dealkylation sites (N-methyl/N-ethyl adjacent to an activating group) is 1. The average Bonchev–Trinajstić information content (AvgIpc) is 2.66. The number of amides is 1. The van der Waals surface area contributed by atoms with Crippen LogP contribution in [0.15, 0.2) is 0 Å². The number of halogens is 2. The highest BCUT2D eigenvalue weighted by molar-refractivity contribution is 5.87. The predicted octanol–water partition coefficient (Wildman–Crippen LogP) is 1.26. The maximum atomic E-state index is 12.4. The lowest BCUT2D eigenvalue weighted by Crippen LogP contribution is -2.61. The van der Waals surface area contributed by atoms with E-state index in [4.69, 9.17) is 5.73 Å². The summed E-state index contributed by atoms with van der Waals surface area (Å²) < 4.78 is 0. The Hall–Kier alpha value is -0.0300. The maximum absolute atomic E-state index is 12.4. The molecule has 1 aliphatic heterocycles. The molecule has 0 radical (unpaired) electrons. The van der Waals surface area contributed by atoms with Gasteiger partial charge in [0, 0.05) is 25.7 Å². The van der Waals surface area contributed by atoms with Crippen molar-refractivity contribution in [2.75, 3.05) is 26.7 Å². The monoisotopic (exact) mass is 297 g/mol. The molecular formula is C12H25Cl2N3O. The molecule has 1 amide bonds. The second-order valence-corrected chi connectivity index (χ2v) is 5.47. The van der Waals surface area contributed by atoms with Gasteiger partial charge in [-0.15, -0.1) is 24.8 Å². The van der Waals surface area contributed by atoms with Gasteiger partial charge in [-0.3, -0.25) is 4.79 Å². The summed E-state index contributed by atoms with van der Waals surface area (Å²) in [6.45, 7) is 4.87. The molecule has 2 fully saturated rings. The van der Waals surface area contributed by atoms with E-state index in [-0.39, 0.29) is 30.7 Å². The zero-order chi connectivity index (χ0) is 11.8. The highest BCUT2D eigenvalue weighted by Crippen LogP contribution is 2.30. The van der Waals surface area contributed by atoms with Gasteiger partial charge in [0.15, 0.2) is 0 Å². The van der Waals surface area contributed by atoms with Crippen LogP contribution in [-0.4, -0.2) is 54.0 Å². The molecule has 6 heteroatoms. The third kappa shape index (κ3) is 3.50. The van der Waals surface area contributed by atoms with Crippen LogP contribution < -0.4 is 5.73 Å². The Balaban J connectivity index is 0.00000144. The van der Waals surface area contributed by atoms with Crippen LogP contribution in [0.3, 0.4) is 0 Å². The molecule has 1 unspecified atom stereocenters. The van der Waals surface area contributed by atoms with Crippen LogP contribution in [0.4, 0.5) is 0 Å². The highest BCUT2D eigenvalue weighted by Gasteiger charge is 2.41. The smallest absolute Gasteiger partial charge is 0.242 e. The largest absolute Gasteiger partial charge is 0.336 e. The van der Waals surface area contributed by atoms with Crippen LogP contribution in [-0.2, 0) is 4.79 Å². The Morgan fingerprint density at radius 2 is 1.78 bits per heavy atom. The molecule has 2 rings (SSSR count). The molecule has 2 aliphatic rings. The van der Waals surface area contributed by atoms with Gasteiger partial charge < -0.3 is 15.5 Å². The Labute approximate surface area is 122 Å². The molecule has 1 heterocycles. The second-order valence-electron chi connectivity index (χ2n) is 5.47. The summed E-state index contributed by atoms with van der Waals surface area (Å²) in [7, 11) is 2.10. The molecule has 2 N–H and O–H groups in total. The first kappa shape index (κ1) is 18.0. The van der Waals surface area contributed by atoms with Gasteiger partial charge in [-0.05, 0) is 26.8 Å². The molecule has 0 aromatic carbocycles. The Bertz CT molecular complexity index is 282. The zero-order valence-corrected chi connectivity index (χ0v) is 12.9. The van der Waals surface area contributed by atoms with Gasteiger partial charge in [-0.1, -0.05) is 12.8 Å². The van der Waals surface area contributed by atoms with Crippen LogP contribution in [0.2, 0.25) is 0 Å². The van der Waals surface area contributed by atoms with Crippen LogP contribution in [0.1, 0.15) is 32.6 Å². The molecule has 4 nitrogen and oxygen atoms in total. The molecule has 0 aromatic heterocycles. The topological polar surface area (TPSA) is 49.6 Å². The minimum Gasteiger partial charge on any atom is -0.336 e. The van der Waals surface area contributed by atoms with E-state index in [1.54, 1.807) is 0 Å². The van der Waals surface area contributed by atoms with E-state index in [0.29, 0.717) is 6.04 Å². The van der Waals surface area contributed by atoms with E-state index in [1.807, 2.05) is 4.90 Å². The Morgan fingerprint density at radius 3 is 2.28 bits per heavy atom. The fourth-order valence-electron chi connectivity index (χ4n) is 2.95. The first-order valence-corrected chi connectivity index (χ1v) is 6.31. The molecule has 1 saturated carbocycles. The van der Waals surface area contributed by atoms with E-state index in [1.165, 1.54) is 0 Å². The van der Waals surface area contributed by atoms with Gasteiger partial charge in [0.05, 0.1) is 5.54 Å². The van der Waals surface area contributed by atoms with Crippen molar-refractivity contribution in [1.29, 1.82) is 0 Å². The standard InChI is InChI=1S/C12H23N3O.2ClH/c1-10-9-14(2)7-8-15(10)11(16)12(13)5-3-4-6-12;;/h10H,3-9,13H2,1-2H3;2*1H. The third-order valence-electron chi connectivity index (χ3n) is 4.01. The summed E-state index contributed by atoms with van der Waals surface area (Å²) in [5.74, 6) is 0.186. The predicted molar refractivity (Wildman–Crippen MR) is 78.6 cm³/mol. The Morgan fingerprint density at radius 1 is 1.22 bits per heavy atom. The number of hydrogen-bond acceptors (Lipinski definition) is 3. The molecule has 0 bridgehead atoms. The second kappa shape index (κ2) is 6.94. The summed E-state index contributed by atoms with van der Waals surface area (Å²) in [6, 6.07) is 0.298. The number of nitrogens with two attached hydrogens (primary N) is 1. The number of piperazine rings is 1. The number of nitrogens with zero attached hydrogens (tertiary/aromatic N) is 2. The minimum atomic E-state index is -0.551. The third-order valence-corrected chi connectivity index (χ3v) is 4.01. The van der Waals surface area contributed by atoms with Crippen molar-refractivity contribution in [2.24, 2.45) is 5.73 Å². The van der Waals surface area contributed by atoms with Gasteiger partial charge in [-0.25, -0.2) is 0 Å². The van der Waals surface area contributed by atoms with Crippen molar-refractivity contribution in [2.45, 2.75) is 44.2 Å². The first-order chi connectivity index (χ1) is 7.53. The summed E-state index contributed by atoms with van der Waals surface area (Å²) >= 11 is 0. The summed E-state index contributed by atoms with van der Waals surface area (Å²) in [5, 5.41) is 0. The number of rotatable bonds is 1. The van der Waals surface area contributed by atoms with Gasteiger partial charge >= 0.3 is 0 Å². The normalized spacial score (nSPS) is 27.3. The van der Waals surface area contributed by atoms with Gasteiger partial charge in [0.2, 0.25) is 5.91 Å². The quantitative estimate of drug-likeness (QED) is 0.793.